The van der Waals surface area contributed by atoms with Gasteiger partial charge in [-0.15, -0.1) is 0 Å². The number of rotatable bonds is 11. The molecule has 1 aliphatic heterocycles. The number of amides is 4. The van der Waals surface area contributed by atoms with Gasteiger partial charge in [0.05, 0.1) is 18.1 Å². The quantitative estimate of drug-likeness (QED) is 0.276. The Morgan fingerprint density at radius 3 is 2.22 bits per heavy atom. The Kier molecular flexibility index (Phi) is 10.3. The predicted molar refractivity (Wildman–Crippen MR) is 171 cm³/mol. The minimum Gasteiger partial charge on any atom is -0.444 e. The number of nitrogens with one attached hydrogen (secondary N) is 4. The summed E-state index contributed by atoms with van der Waals surface area (Å²) < 4.78 is 17.9. The number of alkyl carbamates (subject to hydrolysis) is 1. The minimum atomic E-state index is -1.00. The molecule has 1 aromatic carbocycles. The first-order valence-electron chi connectivity index (χ1n) is 16.2. The second-order valence-corrected chi connectivity index (χ2v) is 15.0. The maximum atomic E-state index is 13.5. The molecule has 12 heteroatoms. The van der Waals surface area contributed by atoms with E-state index in [9.17, 15) is 19.2 Å². The van der Waals surface area contributed by atoms with E-state index >= 15 is 0 Å². The van der Waals surface area contributed by atoms with Crippen LogP contribution in [-0.2, 0) is 34.9 Å². The summed E-state index contributed by atoms with van der Waals surface area (Å²) in [6.07, 6.45) is 1.73. The van der Waals surface area contributed by atoms with Crippen LogP contribution < -0.4 is 21.3 Å². The van der Waals surface area contributed by atoms with Crippen molar-refractivity contribution in [1.29, 1.82) is 0 Å². The second-order valence-electron chi connectivity index (χ2n) is 15.0. The molecule has 11 nitrogen and oxygen atoms in total. The molecule has 4 fully saturated rings. The van der Waals surface area contributed by atoms with Crippen LogP contribution >= 0.6 is 0 Å². The summed E-state index contributed by atoms with van der Waals surface area (Å²) in [7, 11) is -0.558. The number of carbonyl (C=O) groups is 4. The van der Waals surface area contributed by atoms with Gasteiger partial charge in [-0.1, -0.05) is 58.0 Å². The first kappa shape index (κ1) is 34.8. The van der Waals surface area contributed by atoms with Gasteiger partial charge < -0.3 is 35.3 Å². The molecule has 4 aliphatic rings. The molecule has 3 aliphatic carbocycles. The zero-order valence-corrected chi connectivity index (χ0v) is 28.2. The third-order valence-electron chi connectivity index (χ3n) is 9.73. The Bertz CT molecular complexity index is 1250. The van der Waals surface area contributed by atoms with Crippen LogP contribution in [0.15, 0.2) is 30.3 Å². The highest BCUT2D eigenvalue weighted by Gasteiger charge is 2.67. The number of carbonyl (C=O) groups excluding carboxylic acids is 4. The first-order valence-corrected chi connectivity index (χ1v) is 16.2. The van der Waals surface area contributed by atoms with Gasteiger partial charge in [-0.2, -0.15) is 0 Å². The van der Waals surface area contributed by atoms with Gasteiger partial charge in [-0.25, -0.2) is 4.79 Å². The molecule has 248 valence electrons. The summed E-state index contributed by atoms with van der Waals surface area (Å²) in [5, 5.41) is 11.0. The van der Waals surface area contributed by atoms with E-state index in [1.807, 2.05) is 30.3 Å². The van der Waals surface area contributed by atoms with Crippen molar-refractivity contribution in [2.24, 2.45) is 23.2 Å². The topological polar surface area (TPSA) is 144 Å². The summed E-state index contributed by atoms with van der Waals surface area (Å²) in [5.74, 6) is -0.693. The molecule has 1 heterocycles. The fourth-order valence-electron chi connectivity index (χ4n) is 7.04. The maximum absolute atomic E-state index is 13.5. The van der Waals surface area contributed by atoms with Crippen LogP contribution in [0.3, 0.4) is 0 Å². The number of benzene rings is 1. The standard InChI is InChI=1S/C33H51BN4O7/c1-19(2)26(38-30(42)43-31(4,5)6)29(41)37-23(15-21-13-11-10-12-14-21)28(40)36-20(3)27(39)35-18-34-44-25-17-22-16-24(32(22,7)8)33(25,9)45-34/h10-14,19-20,22-26H,15-18H2,1-9H3,(H,35,39)(H,36,40)(H,37,41)(H,38,42)/t20-,22-,23-,24-,25+,26-,33-/m0/s1. The van der Waals surface area contributed by atoms with Crippen LogP contribution in [-0.4, -0.2) is 72.8 Å². The Labute approximate surface area is 267 Å². The summed E-state index contributed by atoms with van der Waals surface area (Å²) in [4.78, 5) is 52.4. The van der Waals surface area contributed by atoms with E-state index in [1.54, 1.807) is 41.5 Å². The van der Waals surface area contributed by atoms with Crippen molar-refractivity contribution >= 4 is 30.9 Å². The van der Waals surface area contributed by atoms with Gasteiger partial charge in [-0.3, -0.25) is 14.4 Å². The summed E-state index contributed by atoms with van der Waals surface area (Å²) in [6, 6.07) is 6.42. The largest absolute Gasteiger partial charge is 0.478 e. The lowest BCUT2D eigenvalue weighted by Crippen LogP contribution is -2.65. The molecule has 1 saturated heterocycles. The lowest BCUT2D eigenvalue weighted by molar-refractivity contribution is -0.199. The molecule has 0 spiro atoms. The zero-order chi connectivity index (χ0) is 33.3. The molecule has 2 bridgehead atoms. The van der Waals surface area contributed by atoms with E-state index in [0.29, 0.717) is 11.8 Å². The van der Waals surface area contributed by atoms with E-state index in [4.69, 9.17) is 14.0 Å². The second kappa shape index (κ2) is 13.3. The van der Waals surface area contributed by atoms with Crippen LogP contribution in [0.5, 0.6) is 0 Å². The van der Waals surface area contributed by atoms with Crippen molar-refractivity contribution < 1.29 is 33.2 Å². The molecule has 4 N–H and O–H groups in total. The van der Waals surface area contributed by atoms with Crippen molar-refractivity contribution in [1.82, 2.24) is 21.3 Å². The fraction of sp³-hybridized carbons (Fsp3) is 0.697. The van der Waals surface area contributed by atoms with Crippen molar-refractivity contribution in [3.63, 3.8) is 0 Å². The molecule has 45 heavy (non-hydrogen) atoms. The fourth-order valence-corrected chi connectivity index (χ4v) is 7.04. The molecule has 5 rings (SSSR count). The molecule has 0 aromatic heterocycles. The van der Waals surface area contributed by atoms with Gasteiger partial charge in [-0.05, 0) is 76.2 Å². The SMILES string of the molecule is CC(C)[C@H](NC(=O)OC(C)(C)C)C(=O)N[C@@H](Cc1ccccc1)C(=O)N[C@@H](C)C(=O)NCB1O[C@@H]2C[C@@H]3C[C@@H](C3(C)C)[C@]2(C)O1. The van der Waals surface area contributed by atoms with Crippen LogP contribution in [0, 0.1) is 23.2 Å². The molecular formula is C33H51BN4O7. The Balaban J connectivity index is 1.35. The number of hydrogen-bond donors (Lipinski definition) is 4. The lowest BCUT2D eigenvalue weighted by atomic mass is 9.43. The predicted octanol–water partition coefficient (Wildman–Crippen LogP) is 3.15. The molecular weight excluding hydrogens is 575 g/mol. The highest BCUT2D eigenvalue weighted by Crippen LogP contribution is 2.65. The molecule has 7 atom stereocenters. The van der Waals surface area contributed by atoms with Gasteiger partial charge in [0.1, 0.15) is 23.7 Å². The minimum absolute atomic E-state index is 0.00938. The van der Waals surface area contributed by atoms with Crippen molar-refractivity contribution in [2.75, 3.05) is 6.44 Å². The van der Waals surface area contributed by atoms with Gasteiger partial charge >= 0.3 is 13.2 Å². The van der Waals surface area contributed by atoms with Crippen LogP contribution in [0.2, 0.25) is 0 Å². The van der Waals surface area contributed by atoms with Gasteiger partial charge in [0.25, 0.3) is 0 Å². The molecule has 0 radical (unpaired) electrons. The molecule has 1 aromatic rings. The number of hydrogen-bond acceptors (Lipinski definition) is 7. The maximum Gasteiger partial charge on any atom is 0.478 e. The van der Waals surface area contributed by atoms with Gasteiger partial charge in [0, 0.05) is 6.42 Å². The average Bonchev–Trinajstić information content (AvgIpc) is 3.29. The third kappa shape index (κ3) is 8.00. The summed E-state index contributed by atoms with van der Waals surface area (Å²) >= 11 is 0. The Hall–Kier alpha value is -3.12. The average molecular weight is 627 g/mol. The van der Waals surface area contributed by atoms with Gasteiger partial charge in [0.15, 0.2) is 0 Å². The van der Waals surface area contributed by atoms with E-state index in [1.165, 1.54) is 0 Å². The van der Waals surface area contributed by atoms with E-state index in [-0.39, 0.29) is 35.9 Å². The van der Waals surface area contributed by atoms with Crippen LogP contribution in [0.4, 0.5) is 4.79 Å². The van der Waals surface area contributed by atoms with Crippen LogP contribution in [0.25, 0.3) is 0 Å². The van der Waals surface area contributed by atoms with Crippen molar-refractivity contribution in [3.05, 3.63) is 35.9 Å². The Morgan fingerprint density at radius 2 is 1.62 bits per heavy atom. The van der Waals surface area contributed by atoms with Crippen LogP contribution in [0.1, 0.15) is 80.7 Å². The molecule has 4 amide bonds. The van der Waals surface area contributed by atoms with Crippen molar-refractivity contribution in [2.45, 2.75) is 117 Å². The highest BCUT2D eigenvalue weighted by atomic mass is 16.7. The molecule has 3 saturated carbocycles. The van der Waals surface area contributed by atoms with Gasteiger partial charge in [0.2, 0.25) is 17.7 Å². The smallest absolute Gasteiger partial charge is 0.444 e. The van der Waals surface area contributed by atoms with E-state index in [0.717, 1.165) is 18.4 Å². The first-order chi connectivity index (χ1) is 20.9. The third-order valence-corrected chi connectivity index (χ3v) is 9.73. The molecule has 0 unspecified atom stereocenters. The summed E-state index contributed by atoms with van der Waals surface area (Å²) in [5.41, 5.74) is -0.0681. The zero-order valence-electron chi connectivity index (χ0n) is 28.2. The summed E-state index contributed by atoms with van der Waals surface area (Å²) in [6.45, 7) is 17.1. The highest BCUT2D eigenvalue weighted by molar-refractivity contribution is 6.46. The van der Waals surface area contributed by atoms with E-state index in [2.05, 4.69) is 42.0 Å². The monoisotopic (exact) mass is 626 g/mol. The normalized spacial score (nSPS) is 26.9. The lowest BCUT2D eigenvalue weighted by Gasteiger charge is -2.64. The van der Waals surface area contributed by atoms with E-state index < -0.39 is 54.7 Å². The van der Waals surface area contributed by atoms with Crippen molar-refractivity contribution in [3.8, 4) is 0 Å². The number of ether oxygens (including phenoxy) is 1. The Morgan fingerprint density at radius 1 is 0.956 bits per heavy atom.